The second-order valence-corrected chi connectivity index (χ2v) is 7.39. The molecule has 0 atom stereocenters. The zero-order valence-electron chi connectivity index (χ0n) is 14.8. The maximum absolute atomic E-state index is 12.7. The van der Waals surface area contributed by atoms with Gasteiger partial charge in [0.2, 0.25) is 0 Å². The second-order valence-electron chi connectivity index (χ2n) is 6.36. The van der Waals surface area contributed by atoms with E-state index in [1.807, 2.05) is 32.9 Å². The molecule has 0 unspecified atom stereocenters. The van der Waals surface area contributed by atoms with Crippen molar-refractivity contribution in [2.45, 2.75) is 40.3 Å². The van der Waals surface area contributed by atoms with E-state index >= 15 is 0 Å². The van der Waals surface area contributed by atoms with Gasteiger partial charge >= 0.3 is 0 Å². The maximum Gasteiger partial charge on any atom is 0.251 e. The van der Waals surface area contributed by atoms with Crippen molar-refractivity contribution >= 4 is 17.1 Å². The van der Waals surface area contributed by atoms with Gasteiger partial charge in [-0.25, -0.2) is 0 Å². The normalized spacial score (nSPS) is 11.0. The molecule has 0 radical (unpaired) electrons. The van der Waals surface area contributed by atoms with Gasteiger partial charge < -0.3 is 9.13 Å². The van der Waals surface area contributed by atoms with E-state index in [1.54, 1.807) is 23.6 Å². The lowest BCUT2D eigenvalue weighted by molar-refractivity contribution is 0.0970. The Bertz CT molecular complexity index is 949. The Kier molecular flexibility index (Phi) is 5.04. The van der Waals surface area contributed by atoms with Gasteiger partial charge in [0.1, 0.15) is 0 Å². The van der Waals surface area contributed by atoms with Crippen molar-refractivity contribution in [3.05, 3.63) is 79.7 Å². The molecule has 0 aromatic carbocycles. The van der Waals surface area contributed by atoms with Crippen LogP contribution in [0.1, 0.15) is 32.2 Å². The van der Waals surface area contributed by atoms with Crippen molar-refractivity contribution < 1.29 is 4.79 Å². The highest BCUT2D eigenvalue weighted by molar-refractivity contribution is 7.09. The fourth-order valence-corrected chi connectivity index (χ4v) is 3.78. The van der Waals surface area contributed by atoms with Crippen LogP contribution in [0.25, 0.3) is 0 Å². The zero-order chi connectivity index (χ0) is 18.0. The van der Waals surface area contributed by atoms with Gasteiger partial charge in [0.05, 0.1) is 6.54 Å². The Morgan fingerprint density at radius 2 is 1.96 bits per heavy atom. The van der Waals surface area contributed by atoms with Crippen LogP contribution < -0.4 is 5.56 Å². The van der Waals surface area contributed by atoms with Crippen molar-refractivity contribution in [3.63, 3.8) is 0 Å². The van der Waals surface area contributed by atoms with Gasteiger partial charge in [-0.1, -0.05) is 6.07 Å². The summed E-state index contributed by atoms with van der Waals surface area (Å²) < 4.78 is 3.65. The van der Waals surface area contributed by atoms with Gasteiger partial charge in [0.15, 0.2) is 5.78 Å². The molecule has 0 bridgehead atoms. The first-order valence-electron chi connectivity index (χ1n) is 8.35. The van der Waals surface area contributed by atoms with E-state index in [2.05, 4.69) is 22.1 Å². The molecule has 0 saturated carbocycles. The number of aromatic nitrogens is 2. The summed E-state index contributed by atoms with van der Waals surface area (Å²) in [7, 11) is 0. The van der Waals surface area contributed by atoms with Crippen molar-refractivity contribution in [3.8, 4) is 0 Å². The molecule has 0 aliphatic heterocycles. The predicted molar refractivity (Wildman–Crippen MR) is 102 cm³/mol. The molecular weight excluding hydrogens is 332 g/mol. The molecule has 0 amide bonds. The van der Waals surface area contributed by atoms with Crippen LogP contribution in [0.5, 0.6) is 0 Å². The highest BCUT2D eigenvalue weighted by atomic mass is 32.1. The lowest BCUT2D eigenvalue weighted by Crippen LogP contribution is -2.23. The average molecular weight is 354 g/mol. The maximum atomic E-state index is 12.7. The smallest absolute Gasteiger partial charge is 0.251 e. The number of hydrogen-bond acceptors (Lipinski definition) is 3. The average Bonchev–Trinajstić information content (AvgIpc) is 3.17. The Morgan fingerprint density at radius 1 is 1.16 bits per heavy atom. The minimum Gasteiger partial charge on any atom is -0.348 e. The van der Waals surface area contributed by atoms with Crippen molar-refractivity contribution in [2.75, 3.05) is 0 Å². The van der Waals surface area contributed by atoms with E-state index in [9.17, 15) is 9.59 Å². The topological polar surface area (TPSA) is 44.0 Å². The zero-order valence-corrected chi connectivity index (χ0v) is 15.6. The minimum atomic E-state index is -0.139. The third kappa shape index (κ3) is 3.82. The van der Waals surface area contributed by atoms with E-state index < -0.39 is 0 Å². The number of rotatable bonds is 6. The Labute approximate surface area is 151 Å². The number of Topliss-reactive ketones (excluding diaryl/α,β-unsaturated/α-hetero) is 1. The first kappa shape index (κ1) is 17.4. The van der Waals surface area contributed by atoms with Crippen LogP contribution in [0.4, 0.5) is 0 Å². The molecule has 0 N–H and O–H groups in total. The Balaban J connectivity index is 1.79. The second kappa shape index (κ2) is 7.23. The molecule has 0 aliphatic carbocycles. The highest BCUT2D eigenvalue weighted by Crippen LogP contribution is 2.18. The summed E-state index contributed by atoms with van der Waals surface area (Å²) in [6.45, 7) is 6.81. The lowest BCUT2D eigenvalue weighted by Gasteiger charge is -2.09. The number of pyridine rings is 1. The first-order chi connectivity index (χ1) is 12.0. The van der Waals surface area contributed by atoms with E-state index in [1.165, 1.54) is 9.44 Å². The van der Waals surface area contributed by atoms with Gasteiger partial charge in [-0.2, -0.15) is 0 Å². The molecule has 0 saturated heterocycles. The lowest BCUT2D eigenvalue weighted by atomic mass is 10.1. The summed E-state index contributed by atoms with van der Waals surface area (Å²) in [5.41, 5.74) is 3.52. The van der Waals surface area contributed by atoms with E-state index in [0.717, 1.165) is 29.9 Å². The van der Waals surface area contributed by atoms with Crippen LogP contribution in [0.15, 0.2) is 46.7 Å². The largest absolute Gasteiger partial charge is 0.348 e. The molecule has 4 nitrogen and oxygen atoms in total. The first-order valence-corrected chi connectivity index (χ1v) is 9.23. The molecule has 0 spiro atoms. The monoisotopic (exact) mass is 354 g/mol. The number of carbonyl (C=O) groups excluding carboxylic acids is 1. The van der Waals surface area contributed by atoms with E-state index in [4.69, 9.17) is 0 Å². The number of ketones is 1. The van der Waals surface area contributed by atoms with Gasteiger partial charge in [-0.3, -0.25) is 9.59 Å². The standard InChI is InChI=1S/C20H22N2O2S/c1-14-6-8-21(20(24)11-14)13-19(23)18-12-15(2)22(16(18)3)9-7-17-5-4-10-25-17/h4-6,8,10-12H,7,9,13H2,1-3H3. The summed E-state index contributed by atoms with van der Waals surface area (Å²) in [6, 6.07) is 9.53. The van der Waals surface area contributed by atoms with Crippen molar-refractivity contribution in [1.29, 1.82) is 0 Å². The van der Waals surface area contributed by atoms with Crippen molar-refractivity contribution in [2.24, 2.45) is 0 Å². The molecule has 3 rings (SSSR count). The SMILES string of the molecule is Cc1ccn(CC(=O)c2cc(C)n(CCc3cccs3)c2C)c(=O)c1. The fraction of sp³-hybridized carbons (Fsp3) is 0.300. The van der Waals surface area contributed by atoms with Gasteiger partial charge in [-0.05, 0) is 56.3 Å². The van der Waals surface area contributed by atoms with E-state index in [0.29, 0.717) is 5.56 Å². The van der Waals surface area contributed by atoms with Crippen molar-refractivity contribution in [1.82, 2.24) is 9.13 Å². The Morgan fingerprint density at radius 3 is 2.64 bits per heavy atom. The van der Waals surface area contributed by atoms with Gasteiger partial charge in [0.25, 0.3) is 5.56 Å². The molecule has 130 valence electrons. The highest BCUT2D eigenvalue weighted by Gasteiger charge is 2.16. The Hall–Kier alpha value is -2.40. The predicted octanol–water partition coefficient (Wildman–Crippen LogP) is 3.76. The molecule has 3 aromatic rings. The quantitative estimate of drug-likeness (QED) is 0.633. The molecule has 0 aliphatic rings. The van der Waals surface area contributed by atoms with Crippen LogP contribution in [-0.2, 0) is 19.5 Å². The van der Waals surface area contributed by atoms with Crippen LogP contribution in [0, 0.1) is 20.8 Å². The summed E-state index contributed by atoms with van der Waals surface area (Å²) in [4.78, 5) is 26.0. The summed E-state index contributed by atoms with van der Waals surface area (Å²) in [6.07, 6.45) is 2.64. The molecule has 3 aromatic heterocycles. The van der Waals surface area contributed by atoms with Gasteiger partial charge in [0, 0.05) is 40.6 Å². The molecule has 25 heavy (non-hydrogen) atoms. The summed E-state index contributed by atoms with van der Waals surface area (Å²) >= 11 is 1.75. The third-order valence-corrected chi connectivity index (χ3v) is 5.44. The number of thiophene rings is 1. The summed E-state index contributed by atoms with van der Waals surface area (Å²) in [5, 5.41) is 2.08. The number of hydrogen-bond donors (Lipinski definition) is 0. The van der Waals surface area contributed by atoms with Gasteiger partial charge in [-0.15, -0.1) is 11.3 Å². The number of carbonyl (C=O) groups is 1. The summed E-state index contributed by atoms with van der Waals surface area (Å²) in [5.74, 6) is -0.0265. The van der Waals surface area contributed by atoms with E-state index in [-0.39, 0.29) is 17.9 Å². The third-order valence-electron chi connectivity index (χ3n) is 4.50. The fourth-order valence-electron chi connectivity index (χ4n) is 3.08. The number of nitrogens with zero attached hydrogens (tertiary/aromatic N) is 2. The minimum absolute atomic E-state index is 0.0265. The molecular formula is C20H22N2O2S. The van der Waals surface area contributed by atoms with Crippen LogP contribution in [0.2, 0.25) is 0 Å². The van der Waals surface area contributed by atoms with Crippen LogP contribution in [0.3, 0.4) is 0 Å². The molecule has 3 heterocycles. The van der Waals surface area contributed by atoms with Crippen LogP contribution in [-0.4, -0.2) is 14.9 Å². The molecule has 5 heteroatoms. The number of aryl methyl sites for hydroxylation is 3. The van der Waals surface area contributed by atoms with Crippen LogP contribution >= 0.6 is 11.3 Å². The molecule has 0 fully saturated rings.